The van der Waals surface area contributed by atoms with Crippen molar-refractivity contribution in [1.29, 1.82) is 0 Å². The van der Waals surface area contributed by atoms with E-state index in [9.17, 15) is 19.5 Å². The third-order valence-electron chi connectivity index (χ3n) is 4.19. The van der Waals surface area contributed by atoms with Crippen molar-refractivity contribution in [3.63, 3.8) is 0 Å². The summed E-state index contributed by atoms with van der Waals surface area (Å²) in [5.41, 5.74) is 1.68. The van der Waals surface area contributed by atoms with Gasteiger partial charge in [0, 0.05) is 25.7 Å². The Morgan fingerprint density at radius 1 is 1.30 bits per heavy atom. The van der Waals surface area contributed by atoms with E-state index in [2.05, 4.69) is 15.5 Å². The zero-order valence-electron chi connectivity index (χ0n) is 16.1. The molecule has 0 aliphatic carbocycles. The van der Waals surface area contributed by atoms with E-state index in [1.807, 2.05) is 13.8 Å². The van der Waals surface area contributed by atoms with Crippen LogP contribution < -0.4 is 5.32 Å². The van der Waals surface area contributed by atoms with Crippen LogP contribution >= 0.6 is 0 Å². The summed E-state index contributed by atoms with van der Waals surface area (Å²) < 4.78 is 5.28. The van der Waals surface area contributed by atoms with Crippen molar-refractivity contribution < 1.29 is 24.0 Å². The highest BCUT2D eigenvalue weighted by Crippen LogP contribution is 2.28. The van der Waals surface area contributed by atoms with Gasteiger partial charge in [0.25, 0.3) is 11.6 Å². The van der Waals surface area contributed by atoms with Gasteiger partial charge in [-0.25, -0.2) is 9.78 Å². The number of nitrogens with one attached hydrogen (secondary N) is 1. The number of amides is 2. The van der Waals surface area contributed by atoms with Gasteiger partial charge in [0.05, 0.1) is 16.6 Å². The minimum Gasteiger partial charge on any atom is -0.480 e. The van der Waals surface area contributed by atoms with E-state index in [0.29, 0.717) is 22.3 Å². The molecule has 2 aromatic rings. The summed E-state index contributed by atoms with van der Waals surface area (Å²) in [5, 5.41) is 16.5. The predicted octanol–water partition coefficient (Wildman–Crippen LogP) is 1.71. The third-order valence-corrected chi connectivity index (χ3v) is 4.19. The van der Waals surface area contributed by atoms with Gasteiger partial charge < -0.3 is 19.8 Å². The number of carboxylic acids is 1. The monoisotopic (exact) mass is 376 g/mol. The molecule has 0 aromatic carbocycles. The first-order chi connectivity index (χ1) is 12.6. The number of carbonyl (C=O) groups excluding carboxylic acids is 2. The maximum absolute atomic E-state index is 13.3. The number of hydrogen-bond acceptors (Lipinski definition) is 6. The molecular formula is C18H24N4O5. The second-order valence-corrected chi connectivity index (χ2v) is 6.71. The molecule has 0 saturated heterocycles. The standard InChI is InChI=1S/C18H24N4O5/c1-9(2)15-14-13(8-10(3)20-16(14)27-21-15)17(24)22(11(4)18(25)26)7-6-19-12(5)23/h8-9,11H,6-7H2,1-5H3,(H,19,23)(H,25,26). The third kappa shape index (κ3) is 4.42. The summed E-state index contributed by atoms with van der Waals surface area (Å²) in [6.07, 6.45) is 0. The number of pyridine rings is 1. The molecule has 0 radical (unpaired) electrons. The quantitative estimate of drug-likeness (QED) is 0.753. The minimum atomic E-state index is -1.14. The summed E-state index contributed by atoms with van der Waals surface area (Å²) in [5.74, 6) is -1.88. The Bertz CT molecular complexity index is 874. The summed E-state index contributed by atoms with van der Waals surface area (Å²) >= 11 is 0. The van der Waals surface area contributed by atoms with Gasteiger partial charge in [-0.05, 0) is 25.8 Å². The van der Waals surface area contributed by atoms with Crippen LogP contribution in [0.15, 0.2) is 10.6 Å². The lowest BCUT2D eigenvalue weighted by atomic mass is 10.0. The van der Waals surface area contributed by atoms with E-state index in [0.717, 1.165) is 0 Å². The van der Waals surface area contributed by atoms with E-state index >= 15 is 0 Å². The van der Waals surface area contributed by atoms with E-state index < -0.39 is 17.9 Å². The molecule has 146 valence electrons. The van der Waals surface area contributed by atoms with E-state index in [1.54, 1.807) is 13.0 Å². The first-order valence-corrected chi connectivity index (χ1v) is 8.68. The smallest absolute Gasteiger partial charge is 0.326 e. The summed E-state index contributed by atoms with van der Waals surface area (Å²) in [6.45, 7) is 8.53. The fraction of sp³-hybridized carbons (Fsp3) is 0.500. The molecule has 2 N–H and O–H groups in total. The molecule has 27 heavy (non-hydrogen) atoms. The number of nitrogens with zero attached hydrogens (tertiary/aromatic N) is 3. The molecule has 0 fully saturated rings. The Labute approximate surface area is 156 Å². The molecule has 1 atom stereocenters. The van der Waals surface area contributed by atoms with Gasteiger partial charge in [0.15, 0.2) is 0 Å². The zero-order valence-corrected chi connectivity index (χ0v) is 16.1. The van der Waals surface area contributed by atoms with Crippen LogP contribution in [0.2, 0.25) is 0 Å². The molecular weight excluding hydrogens is 352 g/mol. The molecule has 2 aromatic heterocycles. The Morgan fingerprint density at radius 3 is 2.52 bits per heavy atom. The minimum absolute atomic E-state index is 0.00738. The van der Waals surface area contributed by atoms with Gasteiger partial charge >= 0.3 is 5.97 Å². The molecule has 2 heterocycles. The SMILES string of the molecule is CC(=O)NCCN(C(=O)c1cc(C)nc2onc(C(C)C)c12)C(C)C(=O)O. The lowest BCUT2D eigenvalue weighted by Crippen LogP contribution is -2.46. The van der Waals surface area contributed by atoms with Crippen molar-refractivity contribution in [2.75, 3.05) is 13.1 Å². The maximum atomic E-state index is 13.3. The Morgan fingerprint density at radius 2 is 1.96 bits per heavy atom. The van der Waals surface area contributed by atoms with E-state index in [-0.39, 0.29) is 30.6 Å². The molecule has 2 rings (SSSR count). The number of fused-ring (bicyclic) bond motifs is 1. The number of carbonyl (C=O) groups is 3. The van der Waals surface area contributed by atoms with Crippen LogP contribution in [-0.4, -0.2) is 57.1 Å². The van der Waals surface area contributed by atoms with Crippen molar-refractivity contribution >= 4 is 28.9 Å². The Hall–Kier alpha value is -2.97. The van der Waals surface area contributed by atoms with Crippen molar-refractivity contribution in [3.05, 3.63) is 23.0 Å². The van der Waals surface area contributed by atoms with Crippen LogP contribution in [0.4, 0.5) is 0 Å². The molecule has 0 aliphatic heterocycles. The van der Waals surface area contributed by atoms with Gasteiger partial charge in [-0.3, -0.25) is 9.59 Å². The van der Waals surface area contributed by atoms with Crippen molar-refractivity contribution in [2.24, 2.45) is 0 Å². The predicted molar refractivity (Wildman–Crippen MR) is 97.4 cm³/mol. The molecule has 0 spiro atoms. The highest BCUT2D eigenvalue weighted by Gasteiger charge is 2.30. The fourth-order valence-corrected chi connectivity index (χ4v) is 2.77. The molecule has 1 unspecified atom stereocenters. The lowest BCUT2D eigenvalue weighted by Gasteiger charge is -2.27. The van der Waals surface area contributed by atoms with Crippen LogP contribution in [0.3, 0.4) is 0 Å². The molecule has 0 saturated carbocycles. The molecule has 2 amide bonds. The van der Waals surface area contributed by atoms with Crippen LogP contribution in [0.1, 0.15) is 55.4 Å². The summed E-state index contributed by atoms with van der Waals surface area (Å²) in [6, 6.07) is 0.533. The topological polar surface area (TPSA) is 126 Å². The van der Waals surface area contributed by atoms with E-state index in [1.165, 1.54) is 18.7 Å². The molecule has 0 aliphatic rings. The first kappa shape index (κ1) is 20.3. The van der Waals surface area contributed by atoms with Gasteiger partial charge in [-0.2, -0.15) is 0 Å². The summed E-state index contributed by atoms with van der Waals surface area (Å²) in [4.78, 5) is 41.4. The highest BCUT2D eigenvalue weighted by atomic mass is 16.5. The molecule has 9 heteroatoms. The second kappa shape index (κ2) is 8.15. The van der Waals surface area contributed by atoms with Crippen molar-refractivity contribution in [1.82, 2.24) is 20.4 Å². The van der Waals surface area contributed by atoms with E-state index in [4.69, 9.17) is 4.52 Å². The number of rotatable bonds is 7. The average molecular weight is 376 g/mol. The maximum Gasteiger partial charge on any atom is 0.326 e. The van der Waals surface area contributed by atoms with Crippen LogP contribution in [0.5, 0.6) is 0 Å². The average Bonchev–Trinajstić information content (AvgIpc) is 3.00. The lowest BCUT2D eigenvalue weighted by molar-refractivity contribution is -0.141. The van der Waals surface area contributed by atoms with Crippen molar-refractivity contribution in [3.8, 4) is 0 Å². The fourth-order valence-electron chi connectivity index (χ4n) is 2.77. The van der Waals surface area contributed by atoms with Crippen LogP contribution in [0, 0.1) is 6.92 Å². The first-order valence-electron chi connectivity index (χ1n) is 8.68. The van der Waals surface area contributed by atoms with Gasteiger partial charge in [-0.15, -0.1) is 0 Å². The Kier molecular flexibility index (Phi) is 6.14. The van der Waals surface area contributed by atoms with Gasteiger partial charge in [-0.1, -0.05) is 19.0 Å². The molecule has 9 nitrogen and oxygen atoms in total. The highest BCUT2D eigenvalue weighted by molar-refractivity contribution is 6.07. The number of hydrogen-bond donors (Lipinski definition) is 2. The summed E-state index contributed by atoms with van der Waals surface area (Å²) in [7, 11) is 0. The zero-order chi connectivity index (χ0) is 20.3. The van der Waals surface area contributed by atoms with Gasteiger partial charge in [0.2, 0.25) is 5.91 Å². The number of aryl methyl sites for hydroxylation is 1. The van der Waals surface area contributed by atoms with Gasteiger partial charge in [0.1, 0.15) is 6.04 Å². The van der Waals surface area contributed by atoms with Crippen LogP contribution in [0.25, 0.3) is 11.1 Å². The number of carboxylic acid groups (broad SMARTS) is 1. The van der Waals surface area contributed by atoms with Crippen LogP contribution in [-0.2, 0) is 9.59 Å². The largest absolute Gasteiger partial charge is 0.480 e. The Balaban J connectivity index is 2.51. The normalized spacial score (nSPS) is 12.2. The number of aliphatic carboxylic acids is 1. The second-order valence-electron chi connectivity index (χ2n) is 6.71. The van der Waals surface area contributed by atoms with Crippen molar-refractivity contribution in [2.45, 2.75) is 46.6 Å². The number of aromatic nitrogens is 2. The molecule has 0 bridgehead atoms.